The van der Waals surface area contributed by atoms with E-state index in [0.29, 0.717) is 58.5 Å². The third-order valence-corrected chi connectivity index (χ3v) is 10.0. The topological polar surface area (TPSA) is 190 Å². The predicted octanol–water partition coefficient (Wildman–Crippen LogP) is 6.41. The number of hydrogen-bond acceptors (Lipinski definition) is 9. The Bertz CT molecular complexity index is 2430. The number of rotatable bonds is 13. The molecule has 1 atom stereocenters. The van der Waals surface area contributed by atoms with E-state index in [4.69, 9.17) is 9.47 Å². The van der Waals surface area contributed by atoms with Crippen molar-refractivity contribution in [2.24, 2.45) is 19.1 Å². The van der Waals surface area contributed by atoms with Crippen LogP contribution in [0, 0.1) is 0 Å². The number of anilines is 4. The predicted molar refractivity (Wildman–Crippen MR) is 224 cm³/mol. The van der Waals surface area contributed by atoms with Crippen LogP contribution in [0.5, 0.6) is 11.5 Å². The summed E-state index contributed by atoms with van der Waals surface area (Å²) in [5.74, 6) is -0.114. The number of carbonyl (C=O) groups is 5. The highest BCUT2D eigenvalue weighted by Crippen LogP contribution is 2.38. The van der Waals surface area contributed by atoms with E-state index < -0.39 is 5.91 Å². The summed E-state index contributed by atoms with van der Waals surface area (Å²) in [4.78, 5) is 74.4. The van der Waals surface area contributed by atoms with Crippen LogP contribution in [0.15, 0.2) is 84.1 Å². The number of methoxy groups -OCH3 is 1. The number of aliphatic imine (C=N–C) groups is 1. The van der Waals surface area contributed by atoms with Gasteiger partial charge in [-0.3, -0.25) is 29.0 Å². The van der Waals surface area contributed by atoms with Gasteiger partial charge in [0.1, 0.15) is 5.69 Å². The van der Waals surface area contributed by atoms with Crippen molar-refractivity contribution in [3.05, 3.63) is 96.2 Å². The fraction of sp³-hybridized carbons (Fsp3) is 0.279. The van der Waals surface area contributed by atoms with Crippen LogP contribution in [0.2, 0.25) is 0 Å². The zero-order valence-corrected chi connectivity index (χ0v) is 33.2. The normalized spacial score (nSPS) is 14.4. The quantitative estimate of drug-likeness (QED) is 0.0984. The Kier molecular flexibility index (Phi) is 11.9. The third kappa shape index (κ3) is 9.33. The van der Waals surface area contributed by atoms with Gasteiger partial charge in [-0.2, -0.15) is 0 Å². The zero-order valence-electron chi connectivity index (χ0n) is 33.2. The van der Waals surface area contributed by atoms with Crippen LogP contribution < -0.4 is 30.7 Å². The number of benzene rings is 3. The molecule has 7 rings (SSSR count). The summed E-state index contributed by atoms with van der Waals surface area (Å²) in [5.41, 5.74) is 4.84. The molecule has 59 heavy (non-hydrogen) atoms. The van der Waals surface area contributed by atoms with Gasteiger partial charge in [-0.25, -0.2) is 4.98 Å². The lowest BCUT2D eigenvalue weighted by Crippen LogP contribution is -2.43. The number of nitrogens with one attached hydrogen (secondary N) is 4. The second-order valence-electron chi connectivity index (χ2n) is 14.4. The summed E-state index contributed by atoms with van der Waals surface area (Å²) < 4.78 is 14.8. The van der Waals surface area contributed by atoms with E-state index in [9.17, 15) is 24.0 Å². The van der Waals surface area contributed by atoms with Crippen LogP contribution in [0.25, 0.3) is 11.1 Å². The van der Waals surface area contributed by atoms with Crippen molar-refractivity contribution in [2.45, 2.75) is 45.1 Å². The standard InChI is InChI=1S/C43H45N9O7/c1-26(53)45-29-14-16-31(17-15-29)46-41(55)35-20-28(24-50(35)2)27-10-12-30(13-11-27)47-42(56)40-49-38(25-51(40)3)48-39(54)9-7-19-59-37-22-34-33(21-36(37)58-4)43(57)52-18-6-5-8-32(52)23-44-34/h10-17,20-25,32H,5-9,18-19H2,1-4H3,(H,45,53)(H,46,55)(H,47,56)(H,48,54)/t32-/m0/s1. The van der Waals surface area contributed by atoms with Gasteiger partial charge in [0.15, 0.2) is 17.3 Å². The van der Waals surface area contributed by atoms with Gasteiger partial charge in [-0.15, -0.1) is 0 Å². The molecule has 0 unspecified atom stereocenters. The number of aromatic nitrogens is 3. The first-order chi connectivity index (χ1) is 28.4. The molecule has 0 spiro atoms. The van der Waals surface area contributed by atoms with Gasteiger partial charge >= 0.3 is 0 Å². The van der Waals surface area contributed by atoms with Crippen LogP contribution in [0.1, 0.15) is 70.5 Å². The van der Waals surface area contributed by atoms with Crippen molar-refractivity contribution in [1.29, 1.82) is 0 Å². The SMILES string of the molecule is COc1cc2c(cc1OCCCC(=O)Nc1cn(C)c(C(=O)Nc3ccc(-c4cc(C(=O)Nc5ccc(NC(C)=O)cc5)n(C)c4)cc3)n1)N=C[C@@H]1CCCCN1C2=O. The first-order valence-electron chi connectivity index (χ1n) is 19.3. The lowest BCUT2D eigenvalue weighted by atomic mass is 10.0. The van der Waals surface area contributed by atoms with Gasteiger partial charge in [-0.1, -0.05) is 12.1 Å². The Morgan fingerprint density at radius 3 is 2.20 bits per heavy atom. The van der Waals surface area contributed by atoms with Gasteiger partial charge in [0.2, 0.25) is 17.6 Å². The number of aryl methyl sites for hydroxylation is 2. The van der Waals surface area contributed by atoms with Crippen LogP contribution >= 0.6 is 0 Å². The first-order valence-corrected chi connectivity index (χ1v) is 19.3. The molecule has 1 saturated heterocycles. The van der Waals surface area contributed by atoms with Crippen molar-refractivity contribution in [1.82, 2.24) is 19.0 Å². The van der Waals surface area contributed by atoms with Crippen LogP contribution in [0.3, 0.4) is 0 Å². The zero-order chi connectivity index (χ0) is 41.6. The molecular weight excluding hydrogens is 755 g/mol. The maximum Gasteiger partial charge on any atom is 0.291 e. The summed E-state index contributed by atoms with van der Waals surface area (Å²) >= 11 is 0. The van der Waals surface area contributed by atoms with Gasteiger partial charge < -0.3 is 44.8 Å². The molecule has 3 aromatic carbocycles. The maximum atomic E-state index is 13.3. The number of hydrogen-bond donors (Lipinski definition) is 4. The molecule has 1 fully saturated rings. The lowest BCUT2D eigenvalue weighted by molar-refractivity contribution is -0.116. The fourth-order valence-electron chi connectivity index (χ4n) is 7.06. The lowest BCUT2D eigenvalue weighted by Gasteiger charge is -2.32. The largest absolute Gasteiger partial charge is 0.493 e. The fourth-order valence-corrected chi connectivity index (χ4v) is 7.06. The highest BCUT2D eigenvalue weighted by Gasteiger charge is 2.31. The minimum Gasteiger partial charge on any atom is -0.493 e. The Balaban J connectivity index is 0.892. The van der Waals surface area contributed by atoms with Crippen molar-refractivity contribution in [2.75, 3.05) is 41.5 Å². The minimum absolute atomic E-state index is 0.0172. The molecule has 5 aromatic rings. The molecule has 0 aliphatic carbocycles. The molecule has 2 aliphatic heterocycles. The van der Waals surface area contributed by atoms with Gasteiger partial charge in [0, 0.05) is 81.3 Å². The smallest absolute Gasteiger partial charge is 0.291 e. The van der Waals surface area contributed by atoms with Crippen LogP contribution in [-0.2, 0) is 23.7 Å². The molecule has 16 nitrogen and oxygen atoms in total. The number of nitrogens with zero attached hydrogens (tertiary/aromatic N) is 5. The van der Waals surface area contributed by atoms with Crippen molar-refractivity contribution < 1.29 is 33.4 Å². The summed E-state index contributed by atoms with van der Waals surface area (Å²) in [6, 6.07) is 19.2. The van der Waals surface area contributed by atoms with E-state index in [2.05, 4.69) is 31.2 Å². The Hall–Kier alpha value is -7.23. The molecular formula is C43H45N9O7. The average molecular weight is 800 g/mol. The van der Waals surface area contributed by atoms with Crippen molar-refractivity contribution >= 4 is 64.3 Å². The monoisotopic (exact) mass is 799 g/mol. The molecule has 0 bridgehead atoms. The number of imidazole rings is 1. The van der Waals surface area contributed by atoms with Crippen molar-refractivity contribution in [3.63, 3.8) is 0 Å². The molecule has 4 heterocycles. The number of piperidine rings is 1. The Morgan fingerprint density at radius 2 is 1.49 bits per heavy atom. The highest BCUT2D eigenvalue weighted by molar-refractivity contribution is 6.05. The van der Waals surface area contributed by atoms with E-state index in [-0.39, 0.29) is 54.3 Å². The van der Waals surface area contributed by atoms with Gasteiger partial charge in [-0.05, 0) is 79.8 Å². The third-order valence-electron chi connectivity index (χ3n) is 10.0. The Labute approximate surface area is 340 Å². The van der Waals surface area contributed by atoms with Gasteiger partial charge in [0.25, 0.3) is 17.7 Å². The number of carbonyl (C=O) groups excluding carboxylic acids is 5. The second-order valence-corrected chi connectivity index (χ2v) is 14.4. The second kappa shape index (κ2) is 17.5. The van der Waals surface area contributed by atoms with E-state index in [1.54, 1.807) is 79.5 Å². The average Bonchev–Trinajstić information content (AvgIpc) is 3.76. The Morgan fingerprint density at radius 1 is 0.797 bits per heavy atom. The summed E-state index contributed by atoms with van der Waals surface area (Å²) in [6.45, 7) is 2.34. The summed E-state index contributed by atoms with van der Waals surface area (Å²) in [5, 5.41) is 11.2. The molecule has 2 aromatic heterocycles. The van der Waals surface area contributed by atoms with E-state index in [1.807, 2.05) is 29.4 Å². The number of amides is 5. The molecule has 5 amide bonds. The first kappa shape index (κ1) is 40.0. The summed E-state index contributed by atoms with van der Waals surface area (Å²) in [6.07, 6.45) is 8.67. The molecule has 0 saturated carbocycles. The molecule has 0 radical (unpaired) electrons. The van der Waals surface area contributed by atoms with Crippen molar-refractivity contribution in [3.8, 4) is 22.6 Å². The highest BCUT2D eigenvalue weighted by atomic mass is 16.5. The molecule has 16 heteroatoms. The number of fused-ring (bicyclic) bond motifs is 2. The van der Waals surface area contributed by atoms with E-state index >= 15 is 0 Å². The minimum atomic E-state index is -0.463. The van der Waals surface area contributed by atoms with Crippen LogP contribution in [0.4, 0.5) is 28.6 Å². The van der Waals surface area contributed by atoms with Gasteiger partial charge in [0.05, 0.1) is 31.0 Å². The van der Waals surface area contributed by atoms with E-state index in [0.717, 1.165) is 30.4 Å². The number of ether oxygens (including phenoxy) is 2. The van der Waals surface area contributed by atoms with E-state index in [1.165, 1.54) is 18.6 Å². The molecule has 304 valence electrons. The summed E-state index contributed by atoms with van der Waals surface area (Å²) in [7, 11) is 4.96. The maximum absolute atomic E-state index is 13.3. The molecule has 4 N–H and O–H groups in total. The molecule has 2 aliphatic rings. The van der Waals surface area contributed by atoms with Crippen LogP contribution in [-0.4, -0.2) is 81.1 Å².